The molecule has 0 saturated carbocycles. The van der Waals surface area contributed by atoms with Crippen molar-refractivity contribution in [1.82, 2.24) is 0 Å². The summed E-state index contributed by atoms with van der Waals surface area (Å²) in [6.07, 6.45) is 5.13. The Morgan fingerprint density at radius 3 is 1.18 bits per heavy atom. The third-order valence-electron chi connectivity index (χ3n) is 10.5. The molecule has 6 rings (SSSR count). The predicted molar refractivity (Wildman–Crippen MR) is 161 cm³/mol. The third-order valence-corrected chi connectivity index (χ3v) is 16.5. The zero-order chi connectivity index (χ0) is 27.0. The molecular weight excluding hydrogens is 510 g/mol. The molecule has 0 aliphatic carbocycles. The SMILES string of the molecule is CC(C)C1(C(C)C)CP(c2ccc3c(c2-c2c(P4CC(C(C)C)(C(C)C)C4)ccc4c2OCO4)OCO3)C1. The molecule has 0 aromatic heterocycles. The van der Waals surface area contributed by atoms with Crippen molar-refractivity contribution in [2.24, 2.45) is 34.5 Å². The Bertz CT molecular complexity index is 1110. The molecule has 38 heavy (non-hydrogen) atoms. The fourth-order valence-electron chi connectivity index (χ4n) is 7.40. The van der Waals surface area contributed by atoms with E-state index in [9.17, 15) is 0 Å². The van der Waals surface area contributed by atoms with Crippen LogP contribution in [0, 0.1) is 34.5 Å². The molecule has 4 heterocycles. The first kappa shape index (κ1) is 26.7. The van der Waals surface area contributed by atoms with Crippen LogP contribution in [-0.2, 0) is 0 Å². The highest BCUT2D eigenvalue weighted by atomic mass is 31.1. The maximum Gasteiger partial charge on any atom is 0.231 e. The van der Waals surface area contributed by atoms with Crippen molar-refractivity contribution < 1.29 is 18.9 Å². The molecule has 2 saturated heterocycles. The van der Waals surface area contributed by atoms with Crippen LogP contribution >= 0.6 is 15.8 Å². The molecule has 4 aliphatic rings. The van der Waals surface area contributed by atoms with E-state index in [1.807, 2.05) is 0 Å². The lowest BCUT2D eigenvalue weighted by molar-refractivity contribution is 0.157. The summed E-state index contributed by atoms with van der Waals surface area (Å²) in [5.74, 6) is 6.29. The van der Waals surface area contributed by atoms with Crippen LogP contribution < -0.4 is 29.6 Å². The highest BCUT2D eigenvalue weighted by Crippen LogP contribution is 2.67. The van der Waals surface area contributed by atoms with Gasteiger partial charge in [-0.25, -0.2) is 0 Å². The Morgan fingerprint density at radius 2 is 0.868 bits per heavy atom. The van der Waals surface area contributed by atoms with E-state index >= 15 is 0 Å². The highest BCUT2D eigenvalue weighted by molar-refractivity contribution is 7.68. The normalized spacial score (nSPS) is 21.5. The van der Waals surface area contributed by atoms with E-state index in [1.165, 1.54) is 46.4 Å². The summed E-state index contributed by atoms with van der Waals surface area (Å²) in [7, 11) is -0.571. The molecule has 2 fully saturated rings. The average Bonchev–Trinajstić information content (AvgIpc) is 3.46. The molecule has 206 valence electrons. The minimum absolute atomic E-state index is 0.284. The lowest BCUT2D eigenvalue weighted by Crippen LogP contribution is -2.49. The maximum atomic E-state index is 6.25. The fraction of sp³-hybridized carbons (Fsp3) is 0.625. The van der Waals surface area contributed by atoms with Crippen molar-refractivity contribution in [3.63, 3.8) is 0 Å². The van der Waals surface area contributed by atoms with Crippen LogP contribution in [0.5, 0.6) is 23.0 Å². The van der Waals surface area contributed by atoms with Gasteiger partial charge in [-0.15, -0.1) is 0 Å². The zero-order valence-electron chi connectivity index (χ0n) is 24.4. The van der Waals surface area contributed by atoms with Crippen molar-refractivity contribution in [3.8, 4) is 34.1 Å². The van der Waals surface area contributed by atoms with Crippen molar-refractivity contribution in [2.45, 2.75) is 55.4 Å². The molecule has 0 amide bonds. The Balaban J connectivity index is 1.48. The second kappa shape index (κ2) is 9.55. The molecule has 6 heteroatoms. The van der Waals surface area contributed by atoms with Gasteiger partial charge in [0, 0.05) is 11.1 Å². The van der Waals surface area contributed by atoms with E-state index in [-0.39, 0.29) is 29.4 Å². The van der Waals surface area contributed by atoms with Gasteiger partial charge >= 0.3 is 0 Å². The minimum atomic E-state index is -0.285. The summed E-state index contributed by atoms with van der Waals surface area (Å²) < 4.78 is 24.4. The second-order valence-corrected chi connectivity index (χ2v) is 17.6. The molecule has 0 spiro atoms. The minimum Gasteiger partial charge on any atom is -0.454 e. The van der Waals surface area contributed by atoms with Crippen molar-refractivity contribution in [3.05, 3.63) is 24.3 Å². The highest BCUT2D eigenvalue weighted by Gasteiger charge is 2.52. The summed E-state index contributed by atoms with van der Waals surface area (Å²) in [5, 5.41) is 2.92. The molecule has 0 atom stereocenters. The standard InChI is InChI=1S/C32H44O4P2/c1-19(2)31(20(3)4)13-37(14-31)25-11-9-23-29(35-17-33-23)27(25)28-26(12-10-24-30(28)36-18-34-24)38-15-32(16-38,21(5)6)22(7)8/h9-12,19-22H,13-18H2,1-8H3. The number of benzene rings is 2. The van der Waals surface area contributed by atoms with E-state index in [2.05, 4.69) is 79.7 Å². The molecule has 4 nitrogen and oxygen atoms in total. The van der Waals surface area contributed by atoms with Crippen LogP contribution in [-0.4, -0.2) is 38.2 Å². The summed E-state index contributed by atoms with van der Waals surface area (Å²) in [6.45, 7) is 19.9. The van der Waals surface area contributed by atoms with Crippen molar-refractivity contribution in [1.29, 1.82) is 0 Å². The Labute approximate surface area is 231 Å². The van der Waals surface area contributed by atoms with E-state index in [0.717, 1.165) is 23.0 Å². The van der Waals surface area contributed by atoms with E-state index in [1.54, 1.807) is 0 Å². The quantitative estimate of drug-likeness (QED) is 0.330. The van der Waals surface area contributed by atoms with Gasteiger partial charge in [-0.3, -0.25) is 0 Å². The topological polar surface area (TPSA) is 36.9 Å². The lowest BCUT2D eigenvalue weighted by Gasteiger charge is -2.55. The van der Waals surface area contributed by atoms with Gasteiger partial charge in [0.1, 0.15) is 0 Å². The van der Waals surface area contributed by atoms with Crippen LogP contribution in [0.4, 0.5) is 0 Å². The van der Waals surface area contributed by atoms with Gasteiger partial charge in [0.05, 0.1) is 0 Å². The second-order valence-electron chi connectivity index (χ2n) is 13.2. The fourth-order valence-corrected chi connectivity index (χ4v) is 15.3. The molecule has 2 aromatic carbocycles. The maximum absolute atomic E-state index is 6.25. The number of fused-ring (bicyclic) bond motifs is 2. The smallest absolute Gasteiger partial charge is 0.231 e. The van der Waals surface area contributed by atoms with Gasteiger partial charge < -0.3 is 18.9 Å². The van der Waals surface area contributed by atoms with Gasteiger partial charge in [0.15, 0.2) is 23.0 Å². The first-order chi connectivity index (χ1) is 18.1. The molecular formula is C32H44O4P2. The first-order valence-corrected chi connectivity index (χ1v) is 17.9. The molecule has 0 N–H and O–H groups in total. The molecule has 2 aromatic rings. The molecule has 4 aliphatic heterocycles. The number of rotatable bonds is 7. The van der Waals surface area contributed by atoms with Gasteiger partial charge in [-0.05, 0) is 94.0 Å². The zero-order valence-corrected chi connectivity index (χ0v) is 26.2. The van der Waals surface area contributed by atoms with Crippen molar-refractivity contribution in [2.75, 3.05) is 38.2 Å². The van der Waals surface area contributed by atoms with E-state index < -0.39 is 0 Å². The first-order valence-electron chi connectivity index (χ1n) is 14.4. The Kier molecular flexibility index (Phi) is 6.72. The summed E-state index contributed by atoms with van der Waals surface area (Å²) in [6, 6.07) is 8.98. The van der Waals surface area contributed by atoms with Crippen LogP contribution in [0.3, 0.4) is 0 Å². The van der Waals surface area contributed by atoms with Crippen LogP contribution in [0.15, 0.2) is 24.3 Å². The molecule has 0 unspecified atom stereocenters. The van der Waals surface area contributed by atoms with E-state index in [0.29, 0.717) is 34.5 Å². The number of hydrogen-bond acceptors (Lipinski definition) is 4. The van der Waals surface area contributed by atoms with Crippen LogP contribution in [0.2, 0.25) is 0 Å². The molecule has 0 bridgehead atoms. The van der Waals surface area contributed by atoms with Crippen molar-refractivity contribution >= 4 is 26.5 Å². The number of ether oxygens (including phenoxy) is 4. The van der Waals surface area contributed by atoms with Crippen LogP contribution in [0.25, 0.3) is 11.1 Å². The Morgan fingerprint density at radius 1 is 0.526 bits per heavy atom. The summed E-state index contributed by atoms with van der Waals surface area (Å²) >= 11 is 0. The molecule has 0 radical (unpaired) electrons. The van der Waals surface area contributed by atoms with Gasteiger partial charge in [-0.1, -0.05) is 71.2 Å². The number of hydrogen-bond donors (Lipinski definition) is 0. The van der Waals surface area contributed by atoms with Gasteiger partial charge in [0.25, 0.3) is 0 Å². The predicted octanol–water partition coefficient (Wildman–Crippen LogP) is 7.65. The monoisotopic (exact) mass is 554 g/mol. The largest absolute Gasteiger partial charge is 0.454 e. The van der Waals surface area contributed by atoms with E-state index in [4.69, 9.17) is 18.9 Å². The van der Waals surface area contributed by atoms with Crippen LogP contribution in [0.1, 0.15) is 55.4 Å². The van der Waals surface area contributed by atoms with Gasteiger partial charge in [0.2, 0.25) is 13.6 Å². The third kappa shape index (κ3) is 3.83. The average molecular weight is 555 g/mol. The summed E-state index contributed by atoms with van der Waals surface area (Å²) in [4.78, 5) is 0. The Hall–Kier alpha value is -1.50. The summed E-state index contributed by atoms with van der Waals surface area (Å²) in [5.41, 5.74) is 3.32. The lowest BCUT2D eigenvalue weighted by atomic mass is 9.71. The van der Waals surface area contributed by atoms with Gasteiger partial charge in [-0.2, -0.15) is 0 Å².